The van der Waals surface area contributed by atoms with Crippen LogP contribution in [0.2, 0.25) is 0 Å². The van der Waals surface area contributed by atoms with Gasteiger partial charge < -0.3 is 0 Å². The van der Waals surface area contributed by atoms with Crippen LogP contribution in [0.4, 0.5) is 0 Å². The van der Waals surface area contributed by atoms with Crippen molar-refractivity contribution in [2.75, 3.05) is 5.75 Å². The van der Waals surface area contributed by atoms with E-state index in [4.69, 9.17) is 0 Å². The van der Waals surface area contributed by atoms with Crippen LogP contribution in [-0.2, 0) is 0 Å². The third kappa shape index (κ3) is 2.90. The first kappa shape index (κ1) is 9.89. The van der Waals surface area contributed by atoms with Gasteiger partial charge in [0, 0.05) is 5.25 Å². The highest BCUT2D eigenvalue weighted by atomic mass is 32.2. The number of hydrogen-bond acceptors (Lipinski definition) is 1. The molecular weight excluding hydrogens is 176 g/mol. The van der Waals surface area contributed by atoms with Gasteiger partial charge in [0.1, 0.15) is 0 Å². The zero-order chi connectivity index (χ0) is 8.93. The molecule has 2 fully saturated rings. The maximum atomic E-state index is 2.28. The second-order valence-electron chi connectivity index (χ2n) is 4.66. The number of thioether (sulfide) groups is 1. The minimum atomic E-state index is 1.05. The van der Waals surface area contributed by atoms with E-state index in [2.05, 4.69) is 11.8 Å². The zero-order valence-corrected chi connectivity index (χ0v) is 9.45. The van der Waals surface area contributed by atoms with Crippen molar-refractivity contribution in [1.29, 1.82) is 0 Å². The van der Waals surface area contributed by atoms with Gasteiger partial charge in [0.25, 0.3) is 0 Å². The molecule has 2 rings (SSSR count). The normalized spacial score (nSPS) is 32.8. The van der Waals surface area contributed by atoms with E-state index >= 15 is 0 Å². The summed E-state index contributed by atoms with van der Waals surface area (Å²) in [7, 11) is 0. The van der Waals surface area contributed by atoms with Crippen LogP contribution < -0.4 is 0 Å². The Morgan fingerprint density at radius 2 is 1.38 bits per heavy atom. The Hall–Kier alpha value is 0.350. The second kappa shape index (κ2) is 5.29. The van der Waals surface area contributed by atoms with Crippen LogP contribution in [-0.4, -0.2) is 11.0 Å². The molecule has 0 N–H and O–H groups in total. The largest absolute Gasteiger partial charge is 0.158 e. The molecule has 1 atom stereocenters. The lowest BCUT2D eigenvalue weighted by molar-refractivity contribution is 0.415. The predicted octanol–water partition coefficient (Wildman–Crippen LogP) is 4.24. The smallest absolute Gasteiger partial charge is 0.00753 e. The Balaban J connectivity index is 1.82. The van der Waals surface area contributed by atoms with Gasteiger partial charge in [-0.15, -0.1) is 0 Å². The van der Waals surface area contributed by atoms with Crippen LogP contribution in [0.15, 0.2) is 0 Å². The molecule has 0 aromatic heterocycles. The molecule has 1 saturated heterocycles. The summed E-state index contributed by atoms with van der Waals surface area (Å²) in [6.07, 6.45) is 13.6. The minimum Gasteiger partial charge on any atom is -0.158 e. The lowest BCUT2D eigenvalue weighted by Crippen LogP contribution is -2.20. The Bertz CT molecular complexity index is 130. The van der Waals surface area contributed by atoms with Gasteiger partial charge in [-0.1, -0.05) is 32.1 Å². The predicted molar refractivity (Wildman–Crippen MR) is 61.3 cm³/mol. The molecule has 0 radical (unpaired) electrons. The summed E-state index contributed by atoms with van der Waals surface area (Å²) >= 11 is 2.28. The molecule has 0 amide bonds. The van der Waals surface area contributed by atoms with Crippen LogP contribution >= 0.6 is 11.8 Å². The van der Waals surface area contributed by atoms with Crippen LogP contribution in [0.25, 0.3) is 0 Å². The van der Waals surface area contributed by atoms with Crippen molar-refractivity contribution in [1.82, 2.24) is 0 Å². The summed E-state index contributed by atoms with van der Waals surface area (Å²) in [6, 6.07) is 0. The van der Waals surface area contributed by atoms with E-state index in [1.165, 1.54) is 63.5 Å². The van der Waals surface area contributed by atoms with Gasteiger partial charge in [0.2, 0.25) is 0 Å². The first-order valence-electron chi connectivity index (χ1n) is 6.08. The monoisotopic (exact) mass is 198 g/mol. The van der Waals surface area contributed by atoms with Crippen molar-refractivity contribution in [2.24, 2.45) is 5.92 Å². The first-order chi connectivity index (χ1) is 6.47. The quantitative estimate of drug-likeness (QED) is 0.568. The summed E-state index contributed by atoms with van der Waals surface area (Å²) in [6.45, 7) is 0. The first-order valence-corrected chi connectivity index (χ1v) is 7.13. The van der Waals surface area contributed by atoms with Crippen molar-refractivity contribution < 1.29 is 0 Å². The van der Waals surface area contributed by atoms with E-state index in [9.17, 15) is 0 Å². The van der Waals surface area contributed by atoms with Gasteiger partial charge in [-0.25, -0.2) is 0 Å². The van der Waals surface area contributed by atoms with E-state index in [-0.39, 0.29) is 0 Å². The van der Waals surface area contributed by atoms with E-state index in [0.29, 0.717) is 0 Å². The molecular formula is C12H22S. The lowest BCUT2D eigenvalue weighted by Gasteiger charge is -2.28. The second-order valence-corrected chi connectivity index (χ2v) is 6.00. The fourth-order valence-electron chi connectivity index (χ4n) is 2.82. The molecule has 2 aliphatic rings. The van der Waals surface area contributed by atoms with Crippen LogP contribution in [0.5, 0.6) is 0 Å². The molecule has 0 spiro atoms. The Morgan fingerprint density at radius 1 is 0.692 bits per heavy atom. The van der Waals surface area contributed by atoms with Crippen LogP contribution in [0.1, 0.15) is 57.8 Å². The van der Waals surface area contributed by atoms with Gasteiger partial charge in [0.05, 0.1) is 0 Å². The van der Waals surface area contributed by atoms with Gasteiger partial charge in [0.15, 0.2) is 0 Å². The zero-order valence-electron chi connectivity index (χ0n) is 8.63. The topological polar surface area (TPSA) is 0 Å². The highest BCUT2D eigenvalue weighted by Gasteiger charge is 2.24. The van der Waals surface area contributed by atoms with E-state index in [0.717, 1.165) is 11.2 Å². The highest BCUT2D eigenvalue weighted by molar-refractivity contribution is 7.99. The lowest BCUT2D eigenvalue weighted by atomic mass is 9.93. The Morgan fingerprint density at radius 3 is 2.00 bits per heavy atom. The van der Waals surface area contributed by atoms with Gasteiger partial charge in [-0.05, 0) is 37.4 Å². The molecule has 13 heavy (non-hydrogen) atoms. The SMILES string of the molecule is C1CCCC(C2CCCCS2)CC1. The third-order valence-electron chi connectivity index (χ3n) is 3.64. The minimum absolute atomic E-state index is 1.05. The fraction of sp³-hybridized carbons (Fsp3) is 1.00. The van der Waals surface area contributed by atoms with Crippen molar-refractivity contribution >= 4 is 11.8 Å². The number of rotatable bonds is 1. The van der Waals surface area contributed by atoms with Gasteiger partial charge in [-0.3, -0.25) is 0 Å². The van der Waals surface area contributed by atoms with Crippen molar-refractivity contribution in [3.05, 3.63) is 0 Å². The summed E-state index contributed by atoms with van der Waals surface area (Å²) in [5.74, 6) is 2.54. The Kier molecular flexibility index (Phi) is 4.02. The third-order valence-corrected chi connectivity index (χ3v) is 5.21. The van der Waals surface area contributed by atoms with Gasteiger partial charge >= 0.3 is 0 Å². The fourth-order valence-corrected chi connectivity index (χ4v) is 4.37. The molecule has 1 saturated carbocycles. The molecule has 0 bridgehead atoms. The van der Waals surface area contributed by atoms with E-state index < -0.39 is 0 Å². The maximum absolute atomic E-state index is 2.28. The van der Waals surface area contributed by atoms with Crippen LogP contribution in [0, 0.1) is 5.92 Å². The van der Waals surface area contributed by atoms with Gasteiger partial charge in [-0.2, -0.15) is 11.8 Å². The number of hydrogen-bond donors (Lipinski definition) is 0. The van der Waals surface area contributed by atoms with Crippen molar-refractivity contribution in [3.8, 4) is 0 Å². The average molecular weight is 198 g/mol. The van der Waals surface area contributed by atoms with E-state index in [1.54, 1.807) is 0 Å². The van der Waals surface area contributed by atoms with Crippen LogP contribution in [0.3, 0.4) is 0 Å². The van der Waals surface area contributed by atoms with Crippen molar-refractivity contribution in [2.45, 2.75) is 63.0 Å². The molecule has 1 heteroatoms. The van der Waals surface area contributed by atoms with E-state index in [1.807, 2.05) is 0 Å². The van der Waals surface area contributed by atoms with Crippen molar-refractivity contribution in [3.63, 3.8) is 0 Å². The maximum Gasteiger partial charge on any atom is 0.00753 e. The molecule has 76 valence electrons. The molecule has 1 unspecified atom stereocenters. The molecule has 0 nitrogen and oxygen atoms in total. The molecule has 1 aliphatic heterocycles. The average Bonchev–Trinajstić information content (AvgIpc) is 2.47. The molecule has 0 aromatic rings. The molecule has 1 heterocycles. The Labute approximate surface area is 86.9 Å². The standard InChI is InChI=1S/C12H22S/c1-2-4-8-11(7-3-1)12-9-5-6-10-13-12/h11-12H,1-10H2. The molecule has 1 aliphatic carbocycles. The summed E-state index contributed by atoms with van der Waals surface area (Å²) in [5, 5.41) is 1.05. The summed E-state index contributed by atoms with van der Waals surface area (Å²) in [5.41, 5.74) is 0. The highest BCUT2D eigenvalue weighted by Crippen LogP contribution is 2.37. The summed E-state index contributed by atoms with van der Waals surface area (Å²) < 4.78 is 0. The summed E-state index contributed by atoms with van der Waals surface area (Å²) in [4.78, 5) is 0. The molecule has 0 aromatic carbocycles.